The zero-order valence-electron chi connectivity index (χ0n) is 20.1. The highest BCUT2D eigenvalue weighted by molar-refractivity contribution is 7.89. The zero-order valence-corrected chi connectivity index (χ0v) is 20.9. The molecule has 0 spiro atoms. The number of rotatable bonds is 6. The van der Waals surface area contributed by atoms with Gasteiger partial charge in [-0.25, -0.2) is 8.42 Å². The topological polar surface area (TPSA) is 90.0 Å². The van der Waals surface area contributed by atoms with Gasteiger partial charge in [0, 0.05) is 37.8 Å². The molecular formula is C25H38N4O4S. The minimum Gasteiger partial charge on any atom is -0.342 e. The molecule has 0 unspecified atom stereocenters. The molecule has 0 radical (unpaired) electrons. The van der Waals surface area contributed by atoms with Gasteiger partial charge in [0.1, 0.15) is 0 Å². The lowest BCUT2D eigenvalue weighted by Gasteiger charge is -2.33. The summed E-state index contributed by atoms with van der Waals surface area (Å²) in [6, 6.07) is 6.45. The van der Waals surface area contributed by atoms with Crippen LogP contribution in [-0.2, 0) is 19.6 Å². The van der Waals surface area contributed by atoms with Crippen LogP contribution in [0.1, 0.15) is 57.8 Å². The summed E-state index contributed by atoms with van der Waals surface area (Å²) in [6.07, 6.45) is 9.11. The molecule has 0 aromatic heterocycles. The molecule has 3 heterocycles. The maximum absolute atomic E-state index is 12.9. The van der Waals surface area contributed by atoms with E-state index in [0.29, 0.717) is 24.7 Å². The van der Waals surface area contributed by atoms with Gasteiger partial charge in [0.05, 0.1) is 11.4 Å². The molecule has 4 rings (SSSR count). The van der Waals surface area contributed by atoms with Gasteiger partial charge in [-0.15, -0.1) is 0 Å². The van der Waals surface area contributed by atoms with E-state index in [-0.39, 0.29) is 23.3 Å². The molecule has 8 nitrogen and oxygen atoms in total. The van der Waals surface area contributed by atoms with E-state index in [1.807, 2.05) is 0 Å². The Morgan fingerprint density at radius 2 is 1.35 bits per heavy atom. The fraction of sp³-hybridized carbons (Fsp3) is 0.680. The lowest BCUT2D eigenvalue weighted by Crippen LogP contribution is -2.44. The van der Waals surface area contributed by atoms with Gasteiger partial charge in [0.25, 0.3) is 0 Å². The molecule has 3 saturated heterocycles. The average molecular weight is 491 g/mol. The van der Waals surface area contributed by atoms with Gasteiger partial charge in [-0.3, -0.25) is 14.5 Å². The van der Waals surface area contributed by atoms with Crippen molar-refractivity contribution in [1.29, 1.82) is 0 Å². The Kier molecular flexibility index (Phi) is 8.60. The number of amides is 2. The first-order valence-electron chi connectivity index (χ1n) is 12.8. The third kappa shape index (κ3) is 6.37. The van der Waals surface area contributed by atoms with Crippen LogP contribution in [0.5, 0.6) is 0 Å². The molecule has 3 fully saturated rings. The Hall–Kier alpha value is -1.97. The molecule has 1 aromatic carbocycles. The molecular weight excluding hydrogens is 452 g/mol. The van der Waals surface area contributed by atoms with Crippen LogP contribution in [0.25, 0.3) is 0 Å². The van der Waals surface area contributed by atoms with E-state index in [2.05, 4.69) is 15.1 Å². The summed E-state index contributed by atoms with van der Waals surface area (Å²) >= 11 is 0. The molecule has 3 aliphatic heterocycles. The van der Waals surface area contributed by atoms with Crippen LogP contribution < -0.4 is 5.32 Å². The van der Waals surface area contributed by atoms with E-state index in [9.17, 15) is 18.0 Å². The molecule has 0 saturated carbocycles. The van der Waals surface area contributed by atoms with E-state index >= 15 is 0 Å². The minimum atomic E-state index is -3.47. The van der Waals surface area contributed by atoms with Gasteiger partial charge in [0.2, 0.25) is 21.8 Å². The third-order valence-electron chi connectivity index (χ3n) is 7.31. The smallest absolute Gasteiger partial charge is 0.243 e. The number of nitrogens with zero attached hydrogens (tertiary/aromatic N) is 3. The Labute approximate surface area is 203 Å². The summed E-state index contributed by atoms with van der Waals surface area (Å²) in [5.41, 5.74) is 0.592. The van der Waals surface area contributed by atoms with Crippen LogP contribution in [-0.4, -0.2) is 80.2 Å². The van der Waals surface area contributed by atoms with E-state index < -0.39 is 10.0 Å². The second-order valence-electron chi connectivity index (χ2n) is 9.83. The van der Waals surface area contributed by atoms with Gasteiger partial charge in [-0.1, -0.05) is 19.3 Å². The molecule has 188 valence electrons. The lowest BCUT2D eigenvalue weighted by molar-refractivity contribution is -0.137. The van der Waals surface area contributed by atoms with Crippen LogP contribution in [0, 0.1) is 5.92 Å². The third-order valence-corrected chi connectivity index (χ3v) is 9.23. The molecule has 34 heavy (non-hydrogen) atoms. The number of nitrogens with one attached hydrogen (secondary N) is 1. The molecule has 0 aliphatic carbocycles. The van der Waals surface area contributed by atoms with Crippen molar-refractivity contribution in [2.75, 3.05) is 51.1 Å². The van der Waals surface area contributed by atoms with Crippen LogP contribution in [0.15, 0.2) is 29.2 Å². The summed E-state index contributed by atoms with van der Waals surface area (Å²) in [5.74, 6) is 0.251. The molecule has 1 aromatic rings. The SMILES string of the molecule is O=C(CN1CCC(C(=O)N2CCCCCC2)CC1)Nc1ccc(S(=O)(=O)N2CCCCC2)cc1. The van der Waals surface area contributed by atoms with Crippen molar-refractivity contribution in [1.82, 2.24) is 14.1 Å². The average Bonchev–Trinajstić information content (AvgIpc) is 3.15. The number of carbonyl (C=O) groups is 2. The Morgan fingerprint density at radius 1 is 0.794 bits per heavy atom. The first-order valence-corrected chi connectivity index (χ1v) is 14.3. The molecule has 9 heteroatoms. The molecule has 3 aliphatic rings. The largest absolute Gasteiger partial charge is 0.342 e. The van der Waals surface area contributed by atoms with E-state index in [1.54, 1.807) is 28.6 Å². The number of sulfonamides is 1. The van der Waals surface area contributed by atoms with E-state index in [4.69, 9.17) is 0 Å². The summed E-state index contributed by atoms with van der Waals surface area (Å²) in [6.45, 7) is 4.68. The fourth-order valence-corrected chi connectivity index (χ4v) is 6.77. The van der Waals surface area contributed by atoms with Crippen LogP contribution in [0.4, 0.5) is 5.69 Å². The summed E-state index contributed by atoms with van der Waals surface area (Å²) in [7, 11) is -3.47. The summed E-state index contributed by atoms with van der Waals surface area (Å²) < 4.78 is 27.1. The Bertz CT molecular complexity index is 928. The maximum atomic E-state index is 12.9. The maximum Gasteiger partial charge on any atom is 0.243 e. The fourth-order valence-electron chi connectivity index (χ4n) is 5.26. The van der Waals surface area contributed by atoms with E-state index in [0.717, 1.165) is 71.1 Å². The number of likely N-dealkylation sites (tertiary alicyclic amines) is 2. The van der Waals surface area contributed by atoms with Crippen molar-refractivity contribution in [3.63, 3.8) is 0 Å². The number of anilines is 1. The van der Waals surface area contributed by atoms with Crippen molar-refractivity contribution < 1.29 is 18.0 Å². The Morgan fingerprint density at radius 3 is 1.97 bits per heavy atom. The second kappa shape index (κ2) is 11.6. The summed E-state index contributed by atoms with van der Waals surface area (Å²) in [5, 5.41) is 2.88. The minimum absolute atomic E-state index is 0.0757. The van der Waals surface area contributed by atoms with Crippen molar-refractivity contribution in [2.24, 2.45) is 5.92 Å². The standard InChI is InChI=1S/C25H38N4O4S/c30-24(20-27-18-12-21(13-19-27)25(31)28-14-4-1-2-5-15-28)26-22-8-10-23(11-9-22)34(32,33)29-16-6-3-7-17-29/h8-11,21H,1-7,12-20H2,(H,26,30). The second-order valence-corrected chi connectivity index (χ2v) is 11.8. The molecule has 0 bridgehead atoms. The predicted molar refractivity (Wildman–Crippen MR) is 132 cm³/mol. The van der Waals surface area contributed by atoms with Crippen LogP contribution in [0.2, 0.25) is 0 Å². The molecule has 2 amide bonds. The van der Waals surface area contributed by atoms with Crippen molar-refractivity contribution in [2.45, 2.75) is 62.7 Å². The van der Waals surface area contributed by atoms with E-state index in [1.165, 1.54) is 12.8 Å². The highest BCUT2D eigenvalue weighted by Crippen LogP contribution is 2.23. The van der Waals surface area contributed by atoms with Gasteiger partial charge >= 0.3 is 0 Å². The van der Waals surface area contributed by atoms with Crippen molar-refractivity contribution in [3.05, 3.63) is 24.3 Å². The number of carbonyl (C=O) groups excluding carboxylic acids is 2. The quantitative estimate of drug-likeness (QED) is 0.662. The van der Waals surface area contributed by atoms with Crippen molar-refractivity contribution in [3.8, 4) is 0 Å². The highest BCUT2D eigenvalue weighted by atomic mass is 32.2. The normalized spacial score (nSPS) is 21.7. The van der Waals surface area contributed by atoms with Crippen molar-refractivity contribution >= 4 is 27.5 Å². The summed E-state index contributed by atoms with van der Waals surface area (Å²) in [4.78, 5) is 29.8. The van der Waals surface area contributed by atoms with Gasteiger partial charge in [-0.05, 0) is 75.9 Å². The highest BCUT2D eigenvalue weighted by Gasteiger charge is 2.29. The Balaban J connectivity index is 1.23. The predicted octanol–water partition coefficient (Wildman–Crippen LogP) is 2.91. The van der Waals surface area contributed by atoms with Crippen LogP contribution >= 0.6 is 0 Å². The number of hydrogen-bond donors (Lipinski definition) is 1. The molecule has 0 atom stereocenters. The lowest BCUT2D eigenvalue weighted by atomic mass is 9.95. The number of hydrogen-bond acceptors (Lipinski definition) is 5. The molecule has 1 N–H and O–H groups in total. The van der Waals surface area contributed by atoms with Crippen LogP contribution in [0.3, 0.4) is 0 Å². The number of benzene rings is 1. The monoisotopic (exact) mass is 490 g/mol. The zero-order chi connectivity index (χ0) is 24.0. The van der Waals surface area contributed by atoms with Gasteiger partial charge in [0.15, 0.2) is 0 Å². The van der Waals surface area contributed by atoms with Gasteiger partial charge in [-0.2, -0.15) is 4.31 Å². The first kappa shape index (κ1) is 25.1. The first-order chi connectivity index (χ1) is 16.4. The van der Waals surface area contributed by atoms with Gasteiger partial charge < -0.3 is 10.2 Å². The number of piperidine rings is 2.